The fraction of sp³-hybridized carbons (Fsp3) is 0.800. The summed E-state index contributed by atoms with van der Waals surface area (Å²) in [5, 5.41) is 11.9. The predicted molar refractivity (Wildman–Crippen MR) is 49.6 cm³/mol. The van der Waals surface area contributed by atoms with Crippen molar-refractivity contribution in [3.63, 3.8) is 0 Å². The normalized spacial score (nSPS) is 37.1. The van der Waals surface area contributed by atoms with Gasteiger partial charge < -0.3 is 10.4 Å². The van der Waals surface area contributed by atoms with Gasteiger partial charge in [0.2, 0.25) is 5.91 Å². The standard InChI is InChI=1S/C10H15NO3/c12-9-6-2-1-3-8(11-9)5-7(4-6)10(13)14/h6-8H,1-5H2,(H,11,12)(H,13,14). The number of carboxylic acids is 1. The second-order valence-corrected chi connectivity index (χ2v) is 4.34. The van der Waals surface area contributed by atoms with Gasteiger partial charge >= 0.3 is 5.97 Å². The molecule has 0 aromatic rings. The van der Waals surface area contributed by atoms with E-state index in [1.807, 2.05) is 0 Å². The van der Waals surface area contributed by atoms with Gasteiger partial charge in [0, 0.05) is 12.0 Å². The Balaban J connectivity index is 2.17. The summed E-state index contributed by atoms with van der Waals surface area (Å²) in [7, 11) is 0. The average Bonchev–Trinajstić information content (AvgIpc) is 2.31. The fourth-order valence-corrected chi connectivity index (χ4v) is 2.52. The van der Waals surface area contributed by atoms with Crippen LogP contribution in [0.15, 0.2) is 0 Å². The third-order valence-corrected chi connectivity index (χ3v) is 3.31. The first-order valence-electron chi connectivity index (χ1n) is 5.20. The molecule has 14 heavy (non-hydrogen) atoms. The number of amides is 1. The van der Waals surface area contributed by atoms with Gasteiger partial charge in [-0.05, 0) is 25.7 Å². The molecule has 2 heterocycles. The van der Waals surface area contributed by atoms with E-state index in [1.165, 1.54) is 0 Å². The molecule has 78 valence electrons. The monoisotopic (exact) mass is 197 g/mol. The predicted octanol–water partition coefficient (Wildman–Crippen LogP) is 0.766. The summed E-state index contributed by atoms with van der Waals surface area (Å²) in [6.45, 7) is 0. The molecule has 2 bridgehead atoms. The Morgan fingerprint density at radius 3 is 2.86 bits per heavy atom. The van der Waals surface area contributed by atoms with Gasteiger partial charge in [-0.1, -0.05) is 6.42 Å². The number of carbonyl (C=O) groups is 2. The van der Waals surface area contributed by atoms with E-state index in [2.05, 4.69) is 5.32 Å². The van der Waals surface area contributed by atoms with E-state index in [9.17, 15) is 9.59 Å². The highest BCUT2D eigenvalue weighted by molar-refractivity contribution is 5.81. The number of carbonyl (C=O) groups excluding carboxylic acids is 1. The molecule has 2 fully saturated rings. The molecule has 2 saturated heterocycles. The topological polar surface area (TPSA) is 66.4 Å². The summed E-state index contributed by atoms with van der Waals surface area (Å²) in [6, 6.07) is 0.0936. The van der Waals surface area contributed by atoms with Crippen molar-refractivity contribution in [3.8, 4) is 0 Å². The Labute approximate surface area is 82.7 Å². The van der Waals surface area contributed by atoms with E-state index in [4.69, 9.17) is 5.11 Å². The van der Waals surface area contributed by atoms with Gasteiger partial charge in [-0.3, -0.25) is 9.59 Å². The summed E-state index contributed by atoms with van der Waals surface area (Å²) in [5.74, 6) is -1.08. The van der Waals surface area contributed by atoms with Crippen LogP contribution in [0.4, 0.5) is 0 Å². The highest BCUT2D eigenvalue weighted by atomic mass is 16.4. The molecule has 2 aliphatic heterocycles. The van der Waals surface area contributed by atoms with Crippen molar-refractivity contribution in [3.05, 3.63) is 0 Å². The summed E-state index contributed by atoms with van der Waals surface area (Å²) < 4.78 is 0. The molecule has 3 atom stereocenters. The molecule has 4 heteroatoms. The molecule has 2 aliphatic rings. The lowest BCUT2D eigenvalue weighted by atomic mass is 9.85. The molecule has 4 nitrogen and oxygen atoms in total. The molecular weight excluding hydrogens is 182 g/mol. The maximum Gasteiger partial charge on any atom is 0.306 e. The zero-order chi connectivity index (χ0) is 10.1. The number of hydrogen-bond donors (Lipinski definition) is 2. The van der Waals surface area contributed by atoms with Crippen LogP contribution in [-0.2, 0) is 9.59 Å². The lowest BCUT2D eigenvalue weighted by Crippen LogP contribution is -2.34. The van der Waals surface area contributed by atoms with Gasteiger partial charge in [-0.2, -0.15) is 0 Å². The molecule has 0 saturated carbocycles. The maximum atomic E-state index is 11.6. The Kier molecular flexibility index (Phi) is 2.44. The summed E-state index contributed by atoms with van der Waals surface area (Å²) >= 11 is 0. The Hall–Kier alpha value is -1.06. The highest BCUT2D eigenvalue weighted by Crippen LogP contribution is 2.31. The van der Waals surface area contributed by atoms with E-state index in [0.29, 0.717) is 12.8 Å². The second-order valence-electron chi connectivity index (χ2n) is 4.34. The van der Waals surface area contributed by atoms with E-state index in [1.54, 1.807) is 0 Å². The lowest BCUT2D eigenvalue weighted by molar-refractivity contribution is -0.142. The van der Waals surface area contributed by atoms with Crippen molar-refractivity contribution < 1.29 is 14.7 Å². The number of fused-ring (bicyclic) bond motifs is 3. The SMILES string of the molecule is O=C(O)C1CC2CCCC(C1)C(=O)N2. The number of aliphatic carboxylic acids is 1. The lowest BCUT2D eigenvalue weighted by Gasteiger charge is -2.19. The molecule has 2 N–H and O–H groups in total. The van der Waals surface area contributed by atoms with E-state index in [0.717, 1.165) is 19.3 Å². The van der Waals surface area contributed by atoms with Gasteiger partial charge in [0.05, 0.1) is 5.92 Å². The quantitative estimate of drug-likeness (QED) is 0.652. The van der Waals surface area contributed by atoms with Crippen molar-refractivity contribution in [2.45, 2.75) is 38.1 Å². The molecule has 0 aromatic heterocycles. The van der Waals surface area contributed by atoms with Crippen LogP contribution in [0.5, 0.6) is 0 Å². The molecule has 0 radical (unpaired) electrons. The van der Waals surface area contributed by atoms with Crippen LogP contribution in [0.3, 0.4) is 0 Å². The van der Waals surface area contributed by atoms with Crippen molar-refractivity contribution in [2.75, 3.05) is 0 Å². The number of carboxylic acid groups (broad SMARTS) is 1. The van der Waals surface area contributed by atoms with Crippen molar-refractivity contribution in [1.82, 2.24) is 5.32 Å². The van der Waals surface area contributed by atoms with Crippen LogP contribution in [0.1, 0.15) is 32.1 Å². The summed E-state index contributed by atoms with van der Waals surface area (Å²) in [4.78, 5) is 22.5. The molecule has 0 aliphatic carbocycles. The Morgan fingerprint density at radius 2 is 2.14 bits per heavy atom. The van der Waals surface area contributed by atoms with Crippen LogP contribution in [-0.4, -0.2) is 23.0 Å². The molecule has 3 unspecified atom stereocenters. The third kappa shape index (κ3) is 1.74. The van der Waals surface area contributed by atoms with Crippen molar-refractivity contribution >= 4 is 11.9 Å². The van der Waals surface area contributed by atoms with Crippen LogP contribution in [0.2, 0.25) is 0 Å². The van der Waals surface area contributed by atoms with E-state index in [-0.39, 0.29) is 23.8 Å². The first-order valence-corrected chi connectivity index (χ1v) is 5.20. The molecule has 0 spiro atoms. The van der Waals surface area contributed by atoms with E-state index < -0.39 is 5.97 Å². The average molecular weight is 197 g/mol. The highest BCUT2D eigenvalue weighted by Gasteiger charge is 2.36. The van der Waals surface area contributed by atoms with Crippen molar-refractivity contribution in [2.24, 2.45) is 11.8 Å². The Bertz CT molecular complexity index is 264. The van der Waals surface area contributed by atoms with Crippen LogP contribution < -0.4 is 5.32 Å². The number of hydrogen-bond acceptors (Lipinski definition) is 2. The minimum atomic E-state index is -0.751. The van der Waals surface area contributed by atoms with Gasteiger partial charge in [-0.15, -0.1) is 0 Å². The number of rotatable bonds is 1. The first kappa shape index (κ1) is 9.49. The zero-order valence-electron chi connectivity index (χ0n) is 8.03. The van der Waals surface area contributed by atoms with E-state index >= 15 is 0 Å². The second kappa shape index (κ2) is 3.59. The summed E-state index contributed by atoms with van der Waals surface area (Å²) in [6.07, 6.45) is 3.97. The Morgan fingerprint density at radius 1 is 1.36 bits per heavy atom. The zero-order valence-corrected chi connectivity index (χ0v) is 8.03. The fourth-order valence-electron chi connectivity index (χ4n) is 2.52. The molecule has 0 aromatic carbocycles. The first-order chi connectivity index (χ1) is 6.66. The van der Waals surface area contributed by atoms with Crippen molar-refractivity contribution in [1.29, 1.82) is 0 Å². The molecule has 1 amide bonds. The minimum Gasteiger partial charge on any atom is -0.481 e. The van der Waals surface area contributed by atoms with Gasteiger partial charge in [0.25, 0.3) is 0 Å². The van der Waals surface area contributed by atoms with Crippen LogP contribution >= 0.6 is 0 Å². The van der Waals surface area contributed by atoms with Crippen LogP contribution in [0, 0.1) is 11.8 Å². The smallest absolute Gasteiger partial charge is 0.306 e. The van der Waals surface area contributed by atoms with Gasteiger partial charge in [-0.25, -0.2) is 0 Å². The third-order valence-electron chi connectivity index (χ3n) is 3.31. The van der Waals surface area contributed by atoms with Gasteiger partial charge in [0.15, 0.2) is 0 Å². The molecular formula is C10H15NO3. The largest absolute Gasteiger partial charge is 0.481 e. The van der Waals surface area contributed by atoms with Gasteiger partial charge in [0.1, 0.15) is 0 Å². The molecule has 2 rings (SSSR count). The number of nitrogens with one attached hydrogen (secondary N) is 1. The van der Waals surface area contributed by atoms with Crippen LogP contribution in [0.25, 0.3) is 0 Å². The summed E-state index contributed by atoms with van der Waals surface area (Å²) in [5.41, 5.74) is 0. The maximum absolute atomic E-state index is 11.6. The minimum absolute atomic E-state index is 0.0660.